The van der Waals surface area contributed by atoms with E-state index in [9.17, 15) is 0 Å². The molecule has 96 valence electrons. The molecule has 1 unspecified atom stereocenters. The molecule has 0 fully saturated rings. The Morgan fingerprint density at radius 1 is 1.21 bits per heavy atom. The molecule has 0 bridgehead atoms. The highest BCUT2D eigenvalue weighted by Gasteiger charge is 2.17. The molecule has 3 aromatic rings. The Morgan fingerprint density at radius 2 is 2.16 bits per heavy atom. The van der Waals surface area contributed by atoms with Crippen LogP contribution in [0.25, 0.3) is 5.52 Å². The molecule has 19 heavy (non-hydrogen) atoms. The van der Waals surface area contributed by atoms with Crippen LogP contribution in [0.3, 0.4) is 0 Å². The van der Waals surface area contributed by atoms with Gasteiger partial charge < -0.3 is 5.32 Å². The fourth-order valence-corrected chi connectivity index (χ4v) is 2.33. The van der Waals surface area contributed by atoms with Gasteiger partial charge in [0.25, 0.3) is 0 Å². The van der Waals surface area contributed by atoms with Crippen molar-refractivity contribution in [3.63, 3.8) is 0 Å². The molecular weight excluding hydrogens is 236 g/mol. The summed E-state index contributed by atoms with van der Waals surface area (Å²) in [7, 11) is 0. The summed E-state index contributed by atoms with van der Waals surface area (Å²) in [5.41, 5.74) is 3.45. The van der Waals surface area contributed by atoms with Crippen molar-refractivity contribution in [2.75, 3.05) is 6.54 Å². The second kappa shape index (κ2) is 5.20. The van der Waals surface area contributed by atoms with Crippen LogP contribution in [0, 0.1) is 0 Å². The van der Waals surface area contributed by atoms with E-state index in [-0.39, 0.29) is 6.04 Å². The van der Waals surface area contributed by atoms with Crippen LogP contribution in [0.4, 0.5) is 0 Å². The summed E-state index contributed by atoms with van der Waals surface area (Å²) in [6.45, 7) is 3.00. The number of nitrogens with zero attached hydrogens (tertiary/aromatic N) is 3. The zero-order valence-corrected chi connectivity index (χ0v) is 10.8. The first-order chi connectivity index (χ1) is 9.40. The van der Waals surface area contributed by atoms with Gasteiger partial charge in [-0.25, -0.2) is 4.52 Å². The Hall–Kier alpha value is -2.20. The van der Waals surface area contributed by atoms with Gasteiger partial charge in [0.05, 0.1) is 17.8 Å². The normalized spacial score (nSPS) is 12.7. The van der Waals surface area contributed by atoms with Gasteiger partial charge in [-0.15, -0.1) is 0 Å². The van der Waals surface area contributed by atoms with E-state index in [1.807, 2.05) is 41.3 Å². The zero-order chi connectivity index (χ0) is 13.1. The number of pyridine rings is 2. The van der Waals surface area contributed by atoms with E-state index in [1.54, 1.807) is 6.20 Å². The van der Waals surface area contributed by atoms with E-state index in [2.05, 4.69) is 34.5 Å². The van der Waals surface area contributed by atoms with Gasteiger partial charge in [0, 0.05) is 24.2 Å². The third-order valence-corrected chi connectivity index (χ3v) is 3.19. The number of aromatic nitrogens is 3. The SMILES string of the molecule is CCNC(c1cccnc1)c1cnn2ccccc12. The molecule has 3 aromatic heterocycles. The average Bonchev–Trinajstić information content (AvgIpc) is 2.89. The Bertz CT molecular complexity index is 660. The minimum absolute atomic E-state index is 0.124. The lowest BCUT2D eigenvalue weighted by Gasteiger charge is -2.17. The van der Waals surface area contributed by atoms with E-state index < -0.39 is 0 Å². The van der Waals surface area contributed by atoms with Crippen molar-refractivity contribution in [1.29, 1.82) is 0 Å². The molecule has 4 nitrogen and oxygen atoms in total. The van der Waals surface area contributed by atoms with Crippen LogP contribution in [0.2, 0.25) is 0 Å². The highest BCUT2D eigenvalue weighted by atomic mass is 15.2. The first-order valence-electron chi connectivity index (χ1n) is 6.45. The van der Waals surface area contributed by atoms with Crippen LogP contribution in [0.15, 0.2) is 55.1 Å². The Labute approximate surface area is 112 Å². The minimum atomic E-state index is 0.124. The predicted octanol–water partition coefficient (Wildman–Crippen LogP) is 2.43. The summed E-state index contributed by atoms with van der Waals surface area (Å²) in [6, 6.07) is 10.3. The molecule has 0 aliphatic rings. The maximum absolute atomic E-state index is 4.40. The summed E-state index contributed by atoms with van der Waals surface area (Å²) in [5, 5.41) is 7.90. The zero-order valence-electron chi connectivity index (χ0n) is 10.8. The molecule has 0 saturated heterocycles. The molecule has 3 rings (SSSR count). The standard InChI is InChI=1S/C15H16N4/c1-2-17-15(12-6-5-8-16-10-12)13-11-18-19-9-4-3-7-14(13)19/h3-11,15,17H,2H2,1H3. The van der Waals surface area contributed by atoms with Crippen LogP contribution in [0.5, 0.6) is 0 Å². The maximum atomic E-state index is 4.40. The second-order valence-electron chi connectivity index (χ2n) is 4.41. The predicted molar refractivity (Wildman–Crippen MR) is 74.9 cm³/mol. The summed E-state index contributed by atoms with van der Waals surface area (Å²) in [5.74, 6) is 0. The van der Waals surface area contributed by atoms with Crippen molar-refractivity contribution >= 4 is 5.52 Å². The van der Waals surface area contributed by atoms with E-state index in [0.29, 0.717) is 0 Å². The van der Waals surface area contributed by atoms with Crippen LogP contribution < -0.4 is 5.32 Å². The van der Waals surface area contributed by atoms with Gasteiger partial charge in [0.15, 0.2) is 0 Å². The van der Waals surface area contributed by atoms with Gasteiger partial charge in [-0.05, 0) is 30.3 Å². The number of rotatable bonds is 4. The Kier molecular flexibility index (Phi) is 3.25. The molecule has 0 aliphatic carbocycles. The largest absolute Gasteiger partial charge is 0.306 e. The molecule has 0 aromatic carbocycles. The van der Waals surface area contributed by atoms with E-state index in [1.165, 1.54) is 5.56 Å². The summed E-state index contributed by atoms with van der Waals surface area (Å²) in [4.78, 5) is 4.21. The highest BCUT2D eigenvalue weighted by molar-refractivity contribution is 5.56. The van der Waals surface area contributed by atoms with Gasteiger partial charge in [-0.3, -0.25) is 4.98 Å². The molecule has 0 saturated carbocycles. The lowest BCUT2D eigenvalue weighted by molar-refractivity contribution is 0.632. The van der Waals surface area contributed by atoms with E-state index in [0.717, 1.165) is 17.6 Å². The molecule has 0 spiro atoms. The van der Waals surface area contributed by atoms with Gasteiger partial charge in [0.2, 0.25) is 0 Å². The average molecular weight is 252 g/mol. The van der Waals surface area contributed by atoms with Crippen molar-refractivity contribution in [3.8, 4) is 0 Å². The molecule has 0 amide bonds. The van der Waals surface area contributed by atoms with Crippen LogP contribution in [0.1, 0.15) is 24.1 Å². The topological polar surface area (TPSA) is 42.2 Å². The Morgan fingerprint density at radius 3 is 2.95 bits per heavy atom. The molecule has 3 heterocycles. The fraction of sp³-hybridized carbons (Fsp3) is 0.200. The lowest BCUT2D eigenvalue weighted by atomic mass is 10.0. The quantitative estimate of drug-likeness (QED) is 0.775. The minimum Gasteiger partial charge on any atom is -0.306 e. The van der Waals surface area contributed by atoms with Crippen molar-refractivity contribution in [2.45, 2.75) is 13.0 Å². The Balaban J connectivity index is 2.10. The molecular formula is C15H16N4. The van der Waals surface area contributed by atoms with Gasteiger partial charge >= 0.3 is 0 Å². The first-order valence-corrected chi connectivity index (χ1v) is 6.45. The number of hydrogen-bond donors (Lipinski definition) is 1. The first kappa shape index (κ1) is 11.9. The van der Waals surface area contributed by atoms with Crippen molar-refractivity contribution in [3.05, 3.63) is 66.2 Å². The highest BCUT2D eigenvalue weighted by Crippen LogP contribution is 2.24. The molecule has 0 radical (unpaired) electrons. The summed E-state index contributed by atoms with van der Waals surface area (Å²) in [6.07, 6.45) is 7.59. The maximum Gasteiger partial charge on any atom is 0.0712 e. The third-order valence-electron chi connectivity index (χ3n) is 3.19. The van der Waals surface area contributed by atoms with Crippen LogP contribution in [-0.2, 0) is 0 Å². The van der Waals surface area contributed by atoms with Crippen molar-refractivity contribution in [1.82, 2.24) is 19.9 Å². The monoisotopic (exact) mass is 252 g/mol. The van der Waals surface area contributed by atoms with Crippen molar-refractivity contribution < 1.29 is 0 Å². The smallest absolute Gasteiger partial charge is 0.0712 e. The fourth-order valence-electron chi connectivity index (χ4n) is 2.33. The number of nitrogens with one attached hydrogen (secondary N) is 1. The molecule has 1 atom stereocenters. The van der Waals surface area contributed by atoms with Crippen LogP contribution >= 0.6 is 0 Å². The number of hydrogen-bond acceptors (Lipinski definition) is 3. The van der Waals surface area contributed by atoms with Gasteiger partial charge in [-0.1, -0.05) is 19.1 Å². The van der Waals surface area contributed by atoms with Gasteiger partial charge in [-0.2, -0.15) is 5.10 Å². The lowest BCUT2D eigenvalue weighted by Crippen LogP contribution is -2.21. The van der Waals surface area contributed by atoms with E-state index >= 15 is 0 Å². The summed E-state index contributed by atoms with van der Waals surface area (Å²) >= 11 is 0. The van der Waals surface area contributed by atoms with E-state index in [4.69, 9.17) is 0 Å². The van der Waals surface area contributed by atoms with Crippen molar-refractivity contribution in [2.24, 2.45) is 0 Å². The van der Waals surface area contributed by atoms with Crippen LogP contribution in [-0.4, -0.2) is 21.1 Å². The van der Waals surface area contributed by atoms with Gasteiger partial charge in [0.1, 0.15) is 0 Å². The second-order valence-corrected chi connectivity index (χ2v) is 4.41. The molecule has 1 N–H and O–H groups in total. The summed E-state index contributed by atoms with van der Waals surface area (Å²) < 4.78 is 1.90. The number of fused-ring (bicyclic) bond motifs is 1. The molecule has 4 heteroatoms. The third kappa shape index (κ3) is 2.22. The molecule has 0 aliphatic heterocycles.